The monoisotopic (exact) mass is 247 g/mol. The Morgan fingerprint density at radius 3 is 2.78 bits per heavy atom. The van der Waals surface area contributed by atoms with Crippen LogP contribution in [0.3, 0.4) is 0 Å². The van der Waals surface area contributed by atoms with Crippen molar-refractivity contribution in [1.82, 2.24) is 19.6 Å². The van der Waals surface area contributed by atoms with Gasteiger partial charge in [-0.25, -0.2) is 4.68 Å². The Balaban J connectivity index is 2.20. The van der Waals surface area contributed by atoms with E-state index in [0.29, 0.717) is 18.3 Å². The Kier molecular flexibility index (Phi) is 3.45. The van der Waals surface area contributed by atoms with E-state index in [4.69, 9.17) is 0 Å². The molecule has 0 aromatic carbocycles. The Labute approximate surface area is 105 Å². The number of aromatic nitrogens is 4. The molecule has 0 aliphatic carbocycles. The van der Waals surface area contributed by atoms with Gasteiger partial charge in [-0.05, 0) is 19.9 Å². The van der Waals surface area contributed by atoms with E-state index < -0.39 is 0 Å². The molecule has 18 heavy (non-hydrogen) atoms. The average molecular weight is 247 g/mol. The lowest BCUT2D eigenvalue weighted by Gasteiger charge is -2.05. The van der Waals surface area contributed by atoms with E-state index in [-0.39, 0.29) is 5.56 Å². The molecular weight excluding hydrogens is 230 g/mol. The molecule has 0 amide bonds. The van der Waals surface area contributed by atoms with Crippen LogP contribution in [0.1, 0.15) is 25.6 Å². The van der Waals surface area contributed by atoms with Crippen molar-refractivity contribution in [2.75, 3.05) is 12.4 Å². The molecule has 0 spiro atoms. The van der Waals surface area contributed by atoms with Gasteiger partial charge >= 0.3 is 0 Å². The highest BCUT2D eigenvalue weighted by molar-refractivity contribution is 5.37. The van der Waals surface area contributed by atoms with Crippen molar-refractivity contribution in [2.24, 2.45) is 0 Å². The standard InChI is InChI=1S/C12H17N5O/c1-9(2)16-5-4-10(15-16)8-17-12(18)6-11(13-3)7-14-17/h4-7,9,13H,8H2,1-3H3. The van der Waals surface area contributed by atoms with Crippen LogP contribution in [-0.2, 0) is 6.54 Å². The number of rotatable bonds is 4. The Hall–Kier alpha value is -2.11. The molecule has 0 aliphatic heterocycles. The molecule has 0 aliphatic rings. The van der Waals surface area contributed by atoms with Crippen LogP contribution in [0.25, 0.3) is 0 Å². The third kappa shape index (κ3) is 2.58. The molecule has 2 aromatic heterocycles. The third-order valence-corrected chi connectivity index (χ3v) is 2.66. The van der Waals surface area contributed by atoms with Crippen LogP contribution in [0.15, 0.2) is 29.3 Å². The van der Waals surface area contributed by atoms with Gasteiger partial charge in [0.25, 0.3) is 5.56 Å². The highest BCUT2D eigenvalue weighted by Crippen LogP contribution is 2.05. The first-order valence-corrected chi connectivity index (χ1v) is 5.89. The van der Waals surface area contributed by atoms with Crippen molar-refractivity contribution in [2.45, 2.75) is 26.4 Å². The fraction of sp³-hybridized carbons (Fsp3) is 0.417. The van der Waals surface area contributed by atoms with Gasteiger partial charge in [-0.1, -0.05) is 0 Å². The largest absolute Gasteiger partial charge is 0.387 e. The summed E-state index contributed by atoms with van der Waals surface area (Å²) >= 11 is 0. The fourth-order valence-electron chi connectivity index (χ4n) is 1.59. The zero-order chi connectivity index (χ0) is 13.1. The second kappa shape index (κ2) is 5.03. The first kappa shape index (κ1) is 12.3. The summed E-state index contributed by atoms with van der Waals surface area (Å²) in [5.74, 6) is 0. The lowest BCUT2D eigenvalue weighted by Crippen LogP contribution is -2.23. The van der Waals surface area contributed by atoms with E-state index in [1.165, 1.54) is 10.7 Å². The molecule has 0 saturated carbocycles. The third-order valence-electron chi connectivity index (χ3n) is 2.66. The summed E-state index contributed by atoms with van der Waals surface area (Å²) in [6.45, 7) is 4.51. The minimum atomic E-state index is -0.138. The summed E-state index contributed by atoms with van der Waals surface area (Å²) in [4.78, 5) is 11.8. The van der Waals surface area contributed by atoms with Gasteiger partial charge in [0.05, 0.1) is 24.1 Å². The number of nitrogens with one attached hydrogen (secondary N) is 1. The summed E-state index contributed by atoms with van der Waals surface area (Å²) in [6, 6.07) is 3.74. The van der Waals surface area contributed by atoms with Crippen LogP contribution in [0.5, 0.6) is 0 Å². The predicted octanol–water partition coefficient (Wildman–Crippen LogP) is 1.11. The van der Waals surface area contributed by atoms with Crippen LogP contribution >= 0.6 is 0 Å². The summed E-state index contributed by atoms with van der Waals surface area (Å²) in [5.41, 5.74) is 1.40. The smallest absolute Gasteiger partial charge is 0.269 e. The molecule has 0 bridgehead atoms. The molecule has 96 valence electrons. The summed E-state index contributed by atoms with van der Waals surface area (Å²) in [7, 11) is 1.76. The van der Waals surface area contributed by atoms with Crippen molar-refractivity contribution < 1.29 is 0 Å². The highest BCUT2D eigenvalue weighted by atomic mass is 16.1. The minimum absolute atomic E-state index is 0.138. The topological polar surface area (TPSA) is 64.7 Å². The summed E-state index contributed by atoms with van der Waals surface area (Å²) in [6.07, 6.45) is 3.54. The maximum atomic E-state index is 11.8. The highest BCUT2D eigenvalue weighted by Gasteiger charge is 2.05. The van der Waals surface area contributed by atoms with E-state index in [1.54, 1.807) is 13.2 Å². The van der Waals surface area contributed by atoms with E-state index in [1.807, 2.05) is 16.9 Å². The first-order chi connectivity index (χ1) is 8.60. The van der Waals surface area contributed by atoms with Crippen molar-refractivity contribution >= 4 is 5.69 Å². The molecule has 6 heteroatoms. The maximum absolute atomic E-state index is 11.8. The molecule has 0 saturated heterocycles. The van der Waals surface area contributed by atoms with Crippen LogP contribution < -0.4 is 10.9 Å². The van der Waals surface area contributed by atoms with Gasteiger partial charge in [0.2, 0.25) is 0 Å². The summed E-state index contributed by atoms with van der Waals surface area (Å²) < 4.78 is 3.26. The van der Waals surface area contributed by atoms with Gasteiger partial charge in [-0.2, -0.15) is 10.2 Å². The zero-order valence-electron chi connectivity index (χ0n) is 10.8. The van der Waals surface area contributed by atoms with Crippen LogP contribution in [0.2, 0.25) is 0 Å². The SMILES string of the molecule is CNc1cnn(Cc2ccn(C(C)C)n2)c(=O)c1. The number of hydrogen-bond donors (Lipinski definition) is 1. The molecule has 2 aromatic rings. The molecular formula is C12H17N5O. The van der Waals surface area contributed by atoms with Crippen molar-refractivity contribution in [3.63, 3.8) is 0 Å². The Morgan fingerprint density at radius 2 is 2.22 bits per heavy atom. The van der Waals surface area contributed by atoms with Gasteiger partial charge in [-0.3, -0.25) is 9.48 Å². The number of hydrogen-bond acceptors (Lipinski definition) is 4. The van der Waals surface area contributed by atoms with E-state index in [9.17, 15) is 4.79 Å². The molecule has 1 N–H and O–H groups in total. The average Bonchev–Trinajstić information content (AvgIpc) is 2.80. The van der Waals surface area contributed by atoms with Gasteiger partial charge in [0.1, 0.15) is 0 Å². The first-order valence-electron chi connectivity index (χ1n) is 5.89. The van der Waals surface area contributed by atoms with E-state index in [0.717, 1.165) is 5.69 Å². The van der Waals surface area contributed by atoms with Crippen molar-refractivity contribution in [3.8, 4) is 0 Å². The summed E-state index contributed by atoms with van der Waals surface area (Å²) in [5, 5.41) is 11.4. The Morgan fingerprint density at radius 1 is 1.44 bits per heavy atom. The number of anilines is 1. The van der Waals surface area contributed by atoms with Crippen LogP contribution in [-0.4, -0.2) is 26.6 Å². The molecule has 0 unspecified atom stereocenters. The van der Waals surface area contributed by atoms with Gasteiger partial charge in [0, 0.05) is 25.4 Å². The van der Waals surface area contributed by atoms with E-state index in [2.05, 4.69) is 29.4 Å². The normalized spacial score (nSPS) is 10.9. The second-order valence-corrected chi connectivity index (χ2v) is 4.37. The second-order valence-electron chi connectivity index (χ2n) is 4.37. The molecule has 2 heterocycles. The van der Waals surface area contributed by atoms with Crippen LogP contribution in [0.4, 0.5) is 5.69 Å². The molecule has 0 radical (unpaired) electrons. The zero-order valence-corrected chi connectivity index (χ0v) is 10.8. The van der Waals surface area contributed by atoms with Crippen molar-refractivity contribution in [3.05, 3.63) is 40.6 Å². The molecule has 0 fully saturated rings. The number of nitrogens with zero attached hydrogens (tertiary/aromatic N) is 4. The van der Waals surface area contributed by atoms with Gasteiger partial charge in [-0.15, -0.1) is 0 Å². The maximum Gasteiger partial charge on any atom is 0.269 e. The van der Waals surface area contributed by atoms with Crippen molar-refractivity contribution in [1.29, 1.82) is 0 Å². The fourth-order valence-corrected chi connectivity index (χ4v) is 1.59. The molecule has 2 rings (SSSR count). The lowest BCUT2D eigenvalue weighted by molar-refractivity contribution is 0.518. The van der Waals surface area contributed by atoms with Gasteiger partial charge in [0.15, 0.2) is 0 Å². The molecule has 6 nitrogen and oxygen atoms in total. The van der Waals surface area contributed by atoms with Crippen LogP contribution in [0, 0.1) is 0 Å². The lowest BCUT2D eigenvalue weighted by atomic mass is 10.4. The predicted molar refractivity (Wildman–Crippen MR) is 69.8 cm³/mol. The molecule has 0 atom stereocenters. The van der Waals surface area contributed by atoms with E-state index >= 15 is 0 Å². The van der Waals surface area contributed by atoms with Gasteiger partial charge < -0.3 is 5.32 Å². The minimum Gasteiger partial charge on any atom is -0.387 e. The quantitative estimate of drug-likeness (QED) is 0.879. The Bertz CT molecular complexity index is 584.